The van der Waals surface area contributed by atoms with E-state index in [4.69, 9.17) is 0 Å². The van der Waals surface area contributed by atoms with Crippen molar-refractivity contribution in [3.05, 3.63) is 78.2 Å². The fraction of sp³-hybridized carbons (Fsp3) is 0.0556. The van der Waals surface area contributed by atoms with Gasteiger partial charge < -0.3 is 10.6 Å². The van der Waals surface area contributed by atoms with Crippen molar-refractivity contribution < 1.29 is 18.0 Å². The predicted octanol–water partition coefficient (Wildman–Crippen LogP) is 4.49. The zero-order valence-electron chi connectivity index (χ0n) is 13.3. The van der Waals surface area contributed by atoms with E-state index in [0.717, 1.165) is 17.8 Å². The molecule has 0 spiro atoms. The number of hydrogen-bond acceptors (Lipinski definition) is 4. The molecule has 0 saturated carbocycles. The van der Waals surface area contributed by atoms with Gasteiger partial charge in [0.1, 0.15) is 17.8 Å². The molecule has 3 rings (SSSR count). The molecule has 0 bridgehead atoms. The smallest absolute Gasteiger partial charge is 0.340 e. The molecular weight excluding hydrogens is 345 g/mol. The highest BCUT2D eigenvalue weighted by molar-refractivity contribution is 6.03. The first kappa shape index (κ1) is 17.4. The maximum absolute atomic E-state index is 12.6. The summed E-state index contributed by atoms with van der Waals surface area (Å²) < 4.78 is 37.7. The second kappa shape index (κ2) is 7.22. The number of para-hydroxylation sites is 1. The highest BCUT2D eigenvalue weighted by atomic mass is 19.4. The fourth-order valence-corrected chi connectivity index (χ4v) is 2.16. The van der Waals surface area contributed by atoms with E-state index >= 15 is 0 Å². The van der Waals surface area contributed by atoms with E-state index in [1.807, 2.05) is 30.3 Å². The van der Waals surface area contributed by atoms with Crippen molar-refractivity contribution in [3.63, 3.8) is 0 Å². The number of anilines is 3. The van der Waals surface area contributed by atoms with Crippen LogP contribution in [0.1, 0.15) is 16.1 Å². The summed E-state index contributed by atoms with van der Waals surface area (Å²) in [4.78, 5) is 20.2. The first-order valence-electron chi connectivity index (χ1n) is 7.54. The predicted molar refractivity (Wildman–Crippen MR) is 91.2 cm³/mol. The van der Waals surface area contributed by atoms with Crippen LogP contribution < -0.4 is 10.6 Å². The quantitative estimate of drug-likeness (QED) is 0.721. The Morgan fingerprint density at radius 2 is 1.58 bits per heavy atom. The van der Waals surface area contributed by atoms with Gasteiger partial charge in [-0.05, 0) is 36.4 Å². The molecule has 3 aromatic rings. The lowest BCUT2D eigenvalue weighted by molar-refractivity contribution is -0.137. The molecule has 0 saturated heterocycles. The Labute approximate surface area is 146 Å². The normalized spacial score (nSPS) is 11.0. The number of nitrogens with zero attached hydrogens (tertiary/aromatic N) is 2. The van der Waals surface area contributed by atoms with Crippen molar-refractivity contribution in [3.8, 4) is 0 Å². The molecule has 8 heteroatoms. The van der Waals surface area contributed by atoms with Crippen LogP contribution in [0.3, 0.4) is 0 Å². The minimum Gasteiger partial charge on any atom is -0.340 e. The van der Waals surface area contributed by atoms with Gasteiger partial charge in [-0.15, -0.1) is 0 Å². The summed E-state index contributed by atoms with van der Waals surface area (Å²) >= 11 is 0. The monoisotopic (exact) mass is 358 g/mol. The molecule has 2 aromatic carbocycles. The molecule has 0 aliphatic rings. The van der Waals surface area contributed by atoms with Crippen molar-refractivity contribution >= 4 is 23.1 Å². The van der Waals surface area contributed by atoms with Crippen molar-refractivity contribution in [2.75, 3.05) is 10.6 Å². The third-order valence-corrected chi connectivity index (χ3v) is 3.42. The molecule has 1 aromatic heterocycles. The number of carbonyl (C=O) groups excluding carboxylic acids is 1. The lowest BCUT2D eigenvalue weighted by Crippen LogP contribution is -2.14. The molecule has 0 fully saturated rings. The van der Waals surface area contributed by atoms with Gasteiger partial charge in [-0.2, -0.15) is 13.2 Å². The number of benzene rings is 2. The molecule has 2 N–H and O–H groups in total. The highest BCUT2D eigenvalue weighted by Crippen LogP contribution is 2.29. The van der Waals surface area contributed by atoms with Gasteiger partial charge >= 0.3 is 6.18 Å². The van der Waals surface area contributed by atoms with Gasteiger partial charge in [0, 0.05) is 17.4 Å². The summed E-state index contributed by atoms with van der Waals surface area (Å²) in [5, 5.41) is 5.53. The van der Waals surface area contributed by atoms with Gasteiger partial charge in [-0.1, -0.05) is 18.2 Å². The number of carbonyl (C=O) groups is 1. The number of amides is 1. The molecule has 5 nitrogen and oxygen atoms in total. The number of rotatable bonds is 4. The van der Waals surface area contributed by atoms with E-state index < -0.39 is 17.6 Å². The van der Waals surface area contributed by atoms with Crippen molar-refractivity contribution in [2.45, 2.75) is 6.18 Å². The molecule has 0 atom stereocenters. The Kier molecular flexibility index (Phi) is 4.83. The molecule has 132 valence electrons. The molecule has 0 radical (unpaired) electrons. The Balaban J connectivity index is 1.71. The van der Waals surface area contributed by atoms with Gasteiger partial charge in [-0.25, -0.2) is 9.97 Å². The van der Waals surface area contributed by atoms with Gasteiger partial charge in [-0.3, -0.25) is 4.79 Å². The zero-order valence-corrected chi connectivity index (χ0v) is 13.3. The second-order valence-corrected chi connectivity index (χ2v) is 5.31. The van der Waals surface area contributed by atoms with E-state index in [-0.39, 0.29) is 11.4 Å². The minimum atomic E-state index is -4.42. The first-order valence-corrected chi connectivity index (χ1v) is 7.54. The van der Waals surface area contributed by atoms with Crippen LogP contribution in [0.25, 0.3) is 0 Å². The van der Waals surface area contributed by atoms with Crippen molar-refractivity contribution in [2.24, 2.45) is 0 Å². The Bertz CT molecular complexity index is 896. The van der Waals surface area contributed by atoms with E-state index in [1.54, 1.807) is 0 Å². The zero-order chi connectivity index (χ0) is 18.6. The van der Waals surface area contributed by atoms with Crippen LogP contribution in [-0.2, 0) is 6.18 Å². The summed E-state index contributed by atoms with van der Waals surface area (Å²) in [6.07, 6.45) is -3.19. The van der Waals surface area contributed by atoms with Crippen molar-refractivity contribution in [1.82, 2.24) is 9.97 Å². The topological polar surface area (TPSA) is 66.9 Å². The number of halogens is 3. The van der Waals surface area contributed by atoms with E-state index in [0.29, 0.717) is 5.82 Å². The van der Waals surface area contributed by atoms with E-state index in [1.165, 1.54) is 24.5 Å². The Hall–Kier alpha value is -3.42. The molecule has 0 aliphatic carbocycles. The minimum absolute atomic E-state index is 0.0818. The SMILES string of the molecule is O=C(Nc1ccc(C(F)(F)F)cc1)c1cc(Nc2ccccc2)ncn1. The fourth-order valence-electron chi connectivity index (χ4n) is 2.16. The molecule has 26 heavy (non-hydrogen) atoms. The second-order valence-electron chi connectivity index (χ2n) is 5.31. The van der Waals surface area contributed by atoms with Gasteiger partial charge in [0.15, 0.2) is 0 Å². The average Bonchev–Trinajstić information content (AvgIpc) is 2.62. The van der Waals surface area contributed by atoms with Crippen LogP contribution >= 0.6 is 0 Å². The first-order chi connectivity index (χ1) is 12.4. The largest absolute Gasteiger partial charge is 0.416 e. The number of aromatic nitrogens is 2. The number of nitrogens with one attached hydrogen (secondary N) is 2. The molecule has 1 amide bonds. The van der Waals surface area contributed by atoms with E-state index in [9.17, 15) is 18.0 Å². The Morgan fingerprint density at radius 3 is 2.23 bits per heavy atom. The van der Waals surface area contributed by atoms with Crippen LogP contribution in [0.2, 0.25) is 0 Å². The van der Waals surface area contributed by atoms with Crippen molar-refractivity contribution in [1.29, 1.82) is 0 Å². The third-order valence-electron chi connectivity index (χ3n) is 3.42. The standard InChI is InChI=1S/C18H13F3N4O/c19-18(20,21)12-6-8-14(9-7-12)25-17(26)15-10-16(23-11-22-15)24-13-4-2-1-3-5-13/h1-11H,(H,25,26)(H,22,23,24). The highest BCUT2D eigenvalue weighted by Gasteiger charge is 2.30. The van der Waals surface area contributed by atoms with Gasteiger partial charge in [0.2, 0.25) is 0 Å². The summed E-state index contributed by atoms with van der Waals surface area (Å²) in [5.74, 6) is -0.132. The summed E-state index contributed by atoms with van der Waals surface area (Å²) in [5.41, 5.74) is 0.324. The maximum Gasteiger partial charge on any atom is 0.416 e. The maximum atomic E-state index is 12.6. The number of alkyl halides is 3. The van der Waals surface area contributed by atoms with Gasteiger partial charge in [0.05, 0.1) is 5.56 Å². The van der Waals surface area contributed by atoms with Crippen LogP contribution in [0, 0.1) is 0 Å². The molecule has 0 aliphatic heterocycles. The third kappa shape index (κ3) is 4.35. The molecule has 1 heterocycles. The Morgan fingerprint density at radius 1 is 0.885 bits per heavy atom. The van der Waals surface area contributed by atoms with Crippen LogP contribution in [-0.4, -0.2) is 15.9 Å². The summed E-state index contributed by atoms with van der Waals surface area (Å²) in [6.45, 7) is 0. The van der Waals surface area contributed by atoms with Crippen LogP contribution in [0.4, 0.5) is 30.4 Å². The summed E-state index contributed by atoms with van der Waals surface area (Å²) in [6, 6.07) is 14.9. The lowest BCUT2D eigenvalue weighted by Gasteiger charge is -2.09. The van der Waals surface area contributed by atoms with Crippen LogP contribution in [0.5, 0.6) is 0 Å². The van der Waals surface area contributed by atoms with Gasteiger partial charge in [0.25, 0.3) is 5.91 Å². The average molecular weight is 358 g/mol. The lowest BCUT2D eigenvalue weighted by atomic mass is 10.2. The summed E-state index contributed by atoms with van der Waals surface area (Å²) in [7, 11) is 0. The molecule has 0 unspecified atom stereocenters. The molecular formula is C18H13F3N4O. The van der Waals surface area contributed by atoms with E-state index in [2.05, 4.69) is 20.6 Å². The van der Waals surface area contributed by atoms with Crippen LogP contribution in [0.15, 0.2) is 67.0 Å². The number of hydrogen-bond donors (Lipinski definition) is 2.